The van der Waals surface area contributed by atoms with E-state index in [1.807, 2.05) is 27.7 Å². The number of benzene rings is 2. The first-order chi connectivity index (χ1) is 19.2. The van der Waals surface area contributed by atoms with E-state index in [-0.39, 0.29) is 33.8 Å². The molecule has 3 aromatic heterocycles. The van der Waals surface area contributed by atoms with Crippen molar-refractivity contribution in [2.75, 3.05) is 11.7 Å². The predicted octanol–water partition coefficient (Wildman–Crippen LogP) is 7.00. The van der Waals surface area contributed by atoms with E-state index in [0.717, 1.165) is 6.26 Å². The van der Waals surface area contributed by atoms with Crippen molar-refractivity contribution in [3.8, 4) is 34.0 Å². The Morgan fingerprint density at radius 3 is 2.37 bits per heavy atom. The minimum atomic E-state index is -3.83. The normalized spacial score (nSPS) is 13.1. The van der Waals surface area contributed by atoms with Gasteiger partial charge in [0.2, 0.25) is 5.95 Å². The second kappa shape index (κ2) is 10.5. The van der Waals surface area contributed by atoms with Crippen LogP contribution in [0.25, 0.3) is 45.2 Å². The fourth-order valence-corrected chi connectivity index (χ4v) is 4.75. The highest BCUT2D eigenvalue weighted by molar-refractivity contribution is 7.86. The Morgan fingerprint density at radius 1 is 1.02 bits per heavy atom. The van der Waals surface area contributed by atoms with E-state index in [1.54, 1.807) is 34.9 Å². The fraction of sp³-hybridized carbons (Fsp3) is 0.250. The zero-order valence-electron chi connectivity index (χ0n) is 22.8. The van der Waals surface area contributed by atoms with Gasteiger partial charge in [0.25, 0.3) is 10.1 Å². The number of hydrogen-bond acceptors (Lipinski definition) is 7. The maximum Gasteiger partial charge on any atom is 0.285 e. The van der Waals surface area contributed by atoms with Crippen LogP contribution in [0.1, 0.15) is 33.7 Å². The molecule has 0 spiro atoms. The highest BCUT2D eigenvalue weighted by Gasteiger charge is 2.28. The molecule has 2 N–H and O–H groups in total. The van der Waals surface area contributed by atoms with Crippen LogP contribution in [0.4, 0.5) is 14.7 Å². The Kier molecular flexibility index (Phi) is 7.35. The van der Waals surface area contributed by atoms with Gasteiger partial charge >= 0.3 is 0 Å². The summed E-state index contributed by atoms with van der Waals surface area (Å²) in [5.74, 6) is -0.658. The fourth-order valence-electron chi connectivity index (χ4n) is 4.27. The first-order valence-corrected chi connectivity index (χ1v) is 14.8. The summed E-state index contributed by atoms with van der Waals surface area (Å²) in [6.07, 6.45) is 0.922. The van der Waals surface area contributed by atoms with Gasteiger partial charge in [-0.15, -0.1) is 4.28 Å². The number of nitrogens with zero attached hydrogens (tertiary/aromatic N) is 4. The molecular weight excluding hydrogens is 574 g/mol. The Hall–Kier alpha value is -3.87. The molecule has 0 aliphatic carbocycles. The Bertz CT molecular complexity index is 1840. The van der Waals surface area contributed by atoms with Crippen molar-refractivity contribution in [3.05, 3.63) is 71.3 Å². The van der Waals surface area contributed by atoms with Gasteiger partial charge in [0.15, 0.2) is 5.65 Å². The molecule has 0 saturated heterocycles. The SMILES string of the molecule is CC(n1c(NOS(C)(=O)=O)nc2ccc(-c3[nH]c(-c4c(F)cccc4Cl)nc3-c3ccc(F)cc3)nc21)C(C)(C)C. The smallest absolute Gasteiger partial charge is 0.285 e. The number of aromatic nitrogens is 5. The van der Waals surface area contributed by atoms with E-state index < -0.39 is 21.8 Å². The Labute approximate surface area is 240 Å². The lowest BCUT2D eigenvalue weighted by Gasteiger charge is -2.29. The minimum absolute atomic E-state index is 0.0839. The third-order valence-corrected chi connectivity index (χ3v) is 7.44. The standard InChI is InChI=1S/C28H27ClF2N6O3S/c1-15(28(2,3)4)37-26-21(33-27(37)36-40-41(5,38)39)14-13-20(32-26)24-23(16-9-11-17(30)12-10-16)34-25(35-24)22-18(29)7-6-8-19(22)31/h6-15H,1-5H3,(H,33,36)(H,34,35). The summed E-state index contributed by atoms with van der Waals surface area (Å²) in [5, 5.41) is 0.165. The summed E-state index contributed by atoms with van der Waals surface area (Å²) in [4.78, 5) is 17.2. The quantitative estimate of drug-likeness (QED) is 0.193. The van der Waals surface area contributed by atoms with Crippen LogP contribution in [0.3, 0.4) is 0 Å². The number of aromatic amines is 1. The van der Waals surface area contributed by atoms with E-state index in [9.17, 15) is 17.2 Å². The summed E-state index contributed by atoms with van der Waals surface area (Å²) in [6, 6.07) is 13.3. The number of halogens is 3. The van der Waals surface area contributed by atoms with E-state index in [2.05, 4.69) is 20.4 Å². The average molecular weight is 601 g/mol. The van der Waals surface area contributed by atoms with E-state index in [4.69, 9.17) is 20.9 Å². The molecular formula is C28H27ClF2N6O3S. The second-order valence-corrected chi connectivity index (χ2v) is 12.7. The van der Waals surface area contributed by atoms with Crippen molar-refractivity contribution in [2.45, 2.75) is 33.7 Å². The highest BCUT2D eigenvalue weighted by atomic mass is 35.5. The molecule has 0 amide bonds. The summed E-state index contributed by atoms with van der Waals surface area (Å²) in [7, 11) is -3.83. The maximum atomic E-state index is 14.9. The molecule has 3 heterocycles. The van der Waals surface area contributed by atoms with Crippen LogP contribution in [-0.4, -0.2) is 39.2 Å². The molecule has 0 bridgehead atoms. The zero-order valence-corrected chi connectivity index (χ0v) is 24.4. The van der Waals surface area contributed by atoms with Crippen LogP contribution in [0.15, 0.2) is 54.6 Å². The molecule has 1 atom stereocenters. The first-order valence-electron chi connectivity index (χ1n) is 12.6. The first kappa shape index (κ1) is 28.7. The molecule has 0 aliphatic heterocycles. The van der Waals surface area contributed by atoms with Gasteiger partial charge < -0.3 is 4.98 Å². The van der Waals surface area contributed by atoms with Crippen LogP contribution >= 0.6 is 11.6 Å². The lowest BCUT2D eigenvalue weighted by Crippen LogP contribution is -2.24. The van der Waals surface area contributed by atoms with Gasteiger partial charge in [-0.05, 0) is 60.9 Å². The second-order valence-electron chi connectivity index (χ2n) is 10.7. The van der Waals surface area contributed by atoms with Gasteiger partial charge in [-0.1, -0.05) is 38.4 Å². The van der Waals surface area contributed by atoms with Gasteiger partial charge in [-0.25, -0.2) is 29.2 Å². The van der Waals surface area contributed by atoms with Gasteiger partial charge in [-0.2, -0.15) is 8.42 Å². The molecule has 13 heteroatoms. The molecule has 0 radical (unpaired) electrons. The third kappa shape index (κ3) is 5.81. The van der Waals surface area contributed by atoms with Crippen molar-refractivity contribution >= 4 is 38.8 Å². The van der Waals surface area contributed by atoms with Crippen LogP contribution in [0.5, 0.6) is 0 Å². The number of rotatable bonds is 7. The molecule has 5 rings (SSSR count). The molecule has 0 fully saturated rings. The number of hydrogen-bond donors (Lipinski definition) is 2. The van der Waals surface area contributed by atoms with Crippen molar-refractivity contribution in [1.29, 1.82) is 0 Å². The van der Waals surface area contributed by atoms with Crippen LogP contribution in [0.2, 0.25) is 5.02 Å². The lowest BCUT2D eigenvalue weighted by atomic mass is 9.88. The molecule has 9 nitrogen and oxygen atoms in total. The van der Waals surface area contributed by atoms with Gasteiger partial charge in [0, 0.05) is 11.6 Å². The van der Waals surface area contributed by atoms with E-state index in [0.29, 0.717) is 33.8 Å². The van der Waals surface area contributed by atoms with E-state index >= 15 is 0 Å². The molecule has 0 aliphatic rings. The molecule has 1 unspecified atom stereocenters. The Balaban J connectivity index is 1.74. The average Bonchev–Trinajstić information content (AvgIpc) is 3.48. The largest absolute Gasteiger partial charge is 0.336 e. The van der Waals surface area contributed by atoms with Crippen LogP contribution < -0.4 is 5.48 Å². The monoisotopic (exact) mass is 600 g/mol. The summed E-state index contributed by atoms with van der Waals surface area (Å²) in [6.45, 7) is 8.04. The number of H-pyrrole nitrogens is 1. The maximum absolute atomic E-state index is 14.9. The van der Waals surface area contributed by atoms with Gasteiger partial charge in [-0.3, -0.25) is 4.57 Å². The summed E-state index contributed by atoms with van der Waals surface area (Å²) >= 11 is 6.34. The molecule has 2 aromatic carbocycles. The van der Waals surface area contributed by atoms with E-state index in [1.165, 1.54) is 24.3 Å². The van der Waals surface area contributed by atoms with Crippen molar-refractivity contribution < 1.29 is 21.5 Å². The van der Waals surface area contributed by atoms with Crippen molar-refractivity contribution in [3.63, 3.8) is 0 Å². The van der Waals surface area contributed by atoms with Crippen LogP contribution in [0, 0.1) is 17.0 Å². The highest BCUT2D eigenvalue weighted by Crippen LogP contribution is 2.38. The third-order valence-electron chi connectivity index (χ3n) is 6.74. The summed E-state index contributed by atoms with van der Waals surface area (Å²) in [5.41, 5.74) is 5.00. The Morgan fingerprint density at radius 2 is 1.73 bits per heavy atom. The van der Waals surface area contributed by atoms with Gasteiger partial charge in [0.1, 0.15) is 23.0 Å². The predicted molar refractivity (Wildman–Crippen MR) is 155 cm³/mol. The van der Waals surface area contributed by atoms with Crippen LogP contribution in [-0.2, 0) is 14.4 Å². The molecule has 41 heavy (non-hydrogen) atoms. The number of nitrogens with one attached hydrogen (secondary N) is 2. The number of fused-ring (bicyclic) bond motifs is 1. The number of imidazole rings is 2. The number of anilines is 1. The van der Waals surface area contributed by atoms with Gasteiger partial charge in [0.05, 0.1) is 33.9 Å². The topological polar surface area (TPSA) is 115 Å². The summed E-state index contributed by atoms with van der Waals surface area (Å²) < 4.78 is 58.6. The van der Waals surface area contributed by atoms with Crippen molar-refractivity contribution in [2.24, 2.45) is 5.41 Å². The lowest BCUT2D eigenvalue weighted by molar-refractivity contribution is 0.264. The molecule has 0 saturated carbocycles. The molecule has 214 valence electrons. The van der Waals surface area contributed by atoms with Crippen molar-refractivity contribution in [1.82, 2.24) is 24.5 Å². The zero-order chi connectivity index (χ0) is 29.7. The molecule has 5 aromatic rings. The number of pyridine rings is 1. The minimum Gasteiger partial charge on any atom is -0.336 e.